The maximum absolute atomic E-state index is 12.6. The molecular formula is C19H28N2O3S. The van der Waals surface area contributed by atoms with Gasteiger partial charge < -0.3 is 10.0 Å². The number of carbonyl (C=O) groups excluding carboxylic acids is 1. The number of amides is 1. The Balaban J connectivity index is 1.86. The molecule has 1 aliphatic rings. The fourth-order valence-corrected chi connectivity index (χ4v) is 4.23. The number of hydrogen-bond donors (Lipinski definition) is 1. The summed E-state index contributed by atoms with van der Waals surface area (Å²) in [5.74, 6) is -0.169. The minimum Gasteiger partial charge on any atom is -0.480 e. The number of likely N-dealkylation sites (tertiary alicyclic amines) is 1. The summed E-state index contributed by atoms with van der Waals surface area (Å²) in [5.41, 5.74) is 2.41. The molecule has 138 valence electrons. The monoisotopic (exact) mass is 364 g/mol. The highest BCUT2D eigenvalue weighted by Crippen LogP contribution is 2.24. The molecule has 0 radical (unpaired) electrons. The molecule has 1 aromatic rings. The third kappa shape index (κ3) is 6.04. The van der Waals surface area contributed by atoms with E-state index in [2.05, 4.69) is 32.0 Å². The number of carboxylic acids is 1. The largest absolute Gasteiger partial charge is 0.480 e. The van der Waals surface area contributed by atoms with Crippen molar-refractivity contribution in [3.63, 3.8) is 0 Å². The zero-order valence-corrected chi connectivity index (χ0v) is 16.1. The lowest BCUT2D eigenvalue weighted by Gasteiger charge is -2.25. The standard InChI is InChI=1S/C19H28N2O3S/c1-14-6-7-15(2)17(11-14)25-13-18(22)21-9-4-5-16(8-10-21)20(3)12-19(23)24/h6-7,11,16H,4-5,8-10,12-13H2,1-3H3,(H,23,24). The Hall–Kier alpha value is -1.53. The molecule has 1 N–H and O–H groups in total. The van der Waals surface area contributed by atoms with Gasteiger partial charge in [0.25, 0.3) is 0 Å². The van der Waals surface area contributed by atoms with Gasteiger partial charge in [-0.05, 0) is 51.8 Å². The number of carbonyl (C=O) groups is 2. The average molecular weight is 365 g/mol. The van der Waals surface area contributed by atoms with Crippen molar-refractivity contribution < 1.29 is 14.7 Å². The summed E-state index contributed by atoms with van der Waals surface area (Å²) in [5, 5.41) is 8.94. The molecule has 5 nitrogen and oxygen atoms in total. The third-order valence-corrected chi connectivity index (χ3v) is 5.90. The second-order valence-corrected chi connectivity index (χ2v) is 7.85. The first-order valence-corrected chi connectivity index (χ1v) is 9.75. The normalized spacial score (nSPS) is 18.2. The Morgan fingerprint density at radius 1 is 1.28 bits per heavy atom. The number of benzene rings is 1. The summed E-state index contributed by atoms with van der Waals surface area (Å²) in [6, 6.07) is 6.55. The molecule has 2 rings (SSSR count). The first kappa shape index (κ1) is 19.8. The Kier molecular flexibility index (Phi) is 7.32. The van der Waals surface area contributed by atoms with Gasteiger partial charge in [0.15, 0.2) is 0 Å². The van der Waals surface area contributed by atoms with Gasteiger partial charge in [0, 0.05) is 24.0 Å². The maximum atomic E-state index is 12.6. The van der Waals surface area contributed by atoms with E-state index in [4.69, 9.17) is 5.11 Å². The average Bonchev–Trinajstić information content (AvgIpc) is 2.81. The molecule has 1 unspecified atom stereocenters. The highest BCUT2D eigenvalue weighted by molar-refractivity contribution is 8.00. The van der Waals surface area contributed by atoms with Crippen molar-refractivity contribution >= 4 is 23.6 Å². The molecule has 0 aliphatic carbocycles. The van der Waals surface area contributed by atoms with E-state index in [1.54, 1.807) is 11.8 Å². The van der Waals surface area contributed by atoms with Gasteiger partial charge in [0.2, 0.25) is 5.91 Å². The van der Waals surface area contributed by atoms with Crippen molar-refractivity contribution in [3.8, 4) is 0 Å². The van der Waals surface area contributed by atoms with Crippen molar-refractivity contribution in [1.82, 2.24) is 9.80 Å². The van der Waals surface area contributed by atoms with E-state index < -0.39 is 5.97 Å². The molecule has 25 heavy (non-hydrogen) atoms. The molecule has 0 aromatic heterocycles. The van der Waals surface area contributed by atoms with Crippen LogP contribution in [0.25, 0.3) is 0 Å². The van der Waals surface area contributed by atoms with Crippen molar-refractivity contribution in [2.75, 3.05) is 32.4 Å². The number of nitrogens with zero attached hydrogens (tertiary/aromatic N) is 2. The quantitative estimate of drug-likeness (QED) is 0.787. The number of hydrogen-bond acceptors (Lipinski definition) is 4. The van der Waals surface area contributed by atoms with Crippen LogP contribution in [0, 0.1) is 13.8 Å². The van der Waals surface area contributed by atoms with Crippen LogP contribution in [0.5, 0.6) is 0 Å². The van der Waals surface area contributed by atoms with Crippen LogP contribution in [0.1, 0.15) is 30.4 Å². The molecule has 0 spiro atoms. The molecule has 1 aromatic carbocycles. The molecule has 1 fully saturated rings. The van der Waals surface area contributed by atoms with Crippen molar-refractivity contribution in [2.24, 2.45) is 0 Å². The summed E-state index contributed by atoms with van der Waals surface area (Å²) < 4.78 is 0. The lowest BCUT2D eigenvalue weighted by Crippen LogP contribution is -2.37. The summed E-state index contributed by atoms with van der Waals surface area (Å²) in [7, 11) is 1.85. The van der Waals surface area contributed by atoms with E-state index in [1.165, 1.54) is 16.0 Å². The molecule has 1 heterocycles. The van der Waals surface area contributed by atoms with Crippen LogP contribution in [-0.2, 0) is 9.59 Å². The number of carboxylic acid groups (broad SMARTS) is 1. The smallest absolute Gasteiger partial charge is 0.317 e. The number of likely N-dealkylation sites (N-methyl/N-ethyl adjacent to an activating group) is 1. The van der Waals surface area contributed by atoms with Gasteiger partial charge in [-0.25, -0.2) is 0 Å². The van der Waals surface area contributed by atoms with E-state index in [9.17, 15) is 9.59 Å². The van der Waals surface area contributed by atoms with Crippen molar-refractivity contribution in [2.45, 2.75) is 44.0 Å². The highest BCUT2D eigenvalue weighted by Gasteiger charge is 2.24. The van der Waals surface area contributed by atoms with Crippen LogP contribution >= 0.6 is 11.8 Å². The van der Waals surface area contributed by atoms with Gasteiger partial charge in [-0.15, -0.1) is 11.8 Å². The van der Waals surface area contributed by atoms with E-state index in [0.717, 1.165) is 25.8 Å². The predicted octanol–water partition coefficient (Wildman–Crippen LogP) is 2.79. The zero-order valence-electron chi connectivity index (χ0n) is 15.3. The minimum absolute atomic E-state index is 0.0566. The topological polar surface area (TPSA) is 60.9 Å². The second-order valence-electron chi connectivity index (χ2n) is 6.83. The first-order valence-electron chi connectivity index (χ1n) is 8.76. The summed E-state index contributed by atoms with van der Waals surface area (Å²) in [6.45, 7) is 5.67. The molecule has 1 saturated heterocycles. The predicted molar refractivity (Wildman–Crippen MR) is 101 cm³/mol. The number of thioether (sulfide) groups is 1. The first-order chi connectivity index (χ1) is 11.9. The molecule has 6 heteroatoms. The molecule has 1 atom stereocenters. The van der Waals surface area contributed by atoms with Gasteiger partial charge in [0.1, 0.15) is 0 Å². The van der Waals surface area contributed by atoms with Crippen LogP contribution in [0.15, 0.2) is 23.1 Å². The molecule has 1 amide bonds. The lowest BCUT2D eigenvalue weighted by molar-refractivity contribution is -0.138. The van der Waals surface area contributed by atoms with Crippen LogP contribution in [0.2, 0.25) is 0 Å². The van der Waals surface area contributed by atoms with Gasteiger partial charge in [-0.1, -0.05) is 17.7 Å². The van der Waals surface area contributed by atoms with Crippen LogP contribution < -0.4 is 0 Å². The fraction of sp³-hybridized carbons (Fsp3) is 0.579. The third-order valence-electron chi connectivity index (χ3n) is 4.75. The van der Waals surface area contributed by atoms with Crippen LogP contribution in [0.3, 0.4) is 0 Å². The lowest BCUT2D eigenvalue weighted by atomic mass is 10.1. The summed E-state index contributed by atoms with van der Waals surface area (Å²) in [6.07, 6.45) is 2.70. The molecule has 0 saturated carbocycles. The molecule has 1 aliphatic heterocycles. The maximum Gasteiger partial charge on any atom is 0.317 e. The highest BCUT2D eigenvalue weighted by atomic mass is 32.2. The Morgan fingerprint density at radius 2 is 2.04 bits per heavy atom. The zero-order chi connectivity index (χ0) is 18.4. The van der Waals surface area contributed by atoms with Gasteiger partial charge in [-0.3, -0.25) is 14.5 Å². The van der Waals surface area contributed by atoms with Gasteiger partial charge in [-0.2, -0.15) is 0 Å². The number of aliphatic carboxylic acids is 1. The Morgan fingerprint density at radius 3 is 2.76 bits per heavy atom. The Labute approximate surface area is 154 Å². The number of rotatable bonds is 6. The second kappa shape index (κ2) is 9.25. The summed E-state index contributed by atoms with van der Waals surface area (Å²) in [4.78, 5) is 28.4. The van der Waals surface area contributed by atoms with Crippen molar-refractivity contribution in [1.29, 1.82) is 0 Å². The number of aryl methyl sites for hydroxylation is 2. The van der Waals surface area contributed by atoms with E-state index >= 15 is 0 Å². The summed E-state index contributed by atoms with van der Waals surface area (Å²) >= 11 is 1.61. The van der Waals surface area contributed by atoms with Gasteiger partial charge in [0.05, 0.1) is 12.3 Å². The minimum atomic E-state index is -0.801. The van der Waals surface area contributed by atoms with Crippen molar-refractivity contribution in [3.05, 3.63) is 29.3 Å². The molecular weight excluding hydrogens is 336 g/mol. The van der Waals surface area contributed by atoms with E-state index in [-0.39, 0.29) is 18.5 Å². The van der Waals surface area contributed by atoms with Gasteiger partial charge >= 0.3 is 5.97 Å². The molecule has 0 bridgehead atoms. The van der Waals surface area contributed by atoms with Crippen LogP contribution in [0.4, 0.5) is 0 Å². The van der Waals surface area contributed by atoms with Crippen LogP contribution in [-0.4, -0.2) is 65.3 Å². The van der Waals surface area contributed by atoms with E-state index in [1.807, 2.05) is 16.8 Å². The Bertz CT molecular complexity index is 621. The van der Waals surface area contributed by atoms with E-state index in [0.29, 0.717) is 12.3 Å². The fourth-order valence-electron chi connectivity index (χ4n) is 3.20. The SMILES string of the molecule is Cc1ccc(C)c(SCC(=O)N2CCCC(N(C)CC(=O)O)CC2)c1.